The summed E-state index contributed by atoms with van der Waals surface area (Å²) in [6, 6.07) is 5.98. The smallest absolute Gasteiger partial charge is 0.166 e. The Morgan fingerprint density at radius 2 is 2.09 bits per heavy atom. The van der Waals surface area contributed by atoms with Crippen LogP contribution in [-0.2, 0) is 0 Å². The number of nitrogens with two attached hydrogens (primary N) is 1. The third-order valence-corrected chi connectivity index (χ3v) is 5.06. The van der Waals surface area contributed by atoms with E-state index in [9.17, 15) is 4.39 Å². The standard InChI is InChI=1S/C23H28FN7O/c1-4-28-22-14(11-25)8-19(31-30-5-2)21(26)17-7-6-16(24)10-18(17)13(3)32-20-9-15(22)12-29-23(20)27/h6-7,9-13,25-26,28,30H,4-5,8H2,1-3H3,(H2,27,29)/b22-14-,25-11?,26-21?,31-19-/t13-/m1/s1. The lowest BCUT2D eigenvalue weighted by Crippen LogP contribution is -2.24. The van der Waals surface area contributed by atoms with Gasteiger partial charge in [-0.25, -0.2) is 9.37 Å². The molecule has 0 saturated carbocycles. The van der Waals surface area contributed by atoms with Crippen LogP contribution < -0.4 is 21.2 Å². The number of pyridine rings is 1. The summed E-state index contributed by atoms with van der Waals surface area (Å²) in [4.78, 5) is 4.27. The fourth-order valence-electron chi connectivity index (χ4n) is 3.52. The maximum absolute atomic E-state index is 14.2. The van der Waals surface area contributed by atoms with Gasteiger partial charge < -0.3 is 26.6 Å². The van der Waals surface area contributed by atoms with Crippen molar-refractivity contribution in [1.82, 2.24) is 15.7 Å². The minimum atomic E-state index is -0.603. The van der Waals surface area contributed by atoms with Gasteiger partial charge in [-0.3, -0.25) is 5.41 Å². The van der Waals surface area contributed by atoms with Gasteiger partial charge in [-0.15, -0.1) is 0 Å². The van der Waals surface area contributed by atoms with E-state index in [2.05, 4.69) is 20.8 Å². The molecular weight excluding hydrogens is 409 g/mol. The zero-order valence-electron chi connectivity index (χ0n) is 18.4. The van der Waals surface area contributed by atoms with Gasteiger partial charge in [0.25, 0.3) is 0 Å². The number of hydrazone groups is 1. The number of hydrogen-bond donors (Lipinski definition) is 5. The molecule has 1 aliphatic rings. The fraction of sp³-hybridized carbons (Fsp3) is 0.304. The predicted octanol–water partition coefficient (Wildman–Crippen LogP) is 3.65. The largest absolute Gasteiger partial charge is 0.482 e. The van der Waals surface area contributed by atoms with Crippen LogP contribution in [0, 0.1) is 16.6 Å². The number of anilines is 1. The molecule has 0 radical (unpaired) electrons. The van der Waals surface area contributed by atoms with Crippen LogP contribution in [0.3, 0.4) is 0 Å². The minimum Gasteiger partial charge on any atom is -0.482 e. The highest BCUT2D eigenvalue weighted by atomic mass is 19.1. The van der Waals surface area contributed by atoms with E-state index >= 15 is 0 Å². The number of nitrogens with one attached hydrogen (secondary N) is 4. The van der Waals surface area contributed by atoms with Crippen LogP contribution >= 0.6 is 0 Å². The third-order valence-electron chi connectivity index (χ3n) is 5.06. The number of fused-ring (bicyclic) bond motifs is 3. The van der Waals surface area contributed by atoms with E-state index in [1.165, 1.54) is 18.3 Å². The molecule has 0 spiro atoms. The number of halogens is 1. The summed E-state index contributed by atoms with van der Waals surface area (Å²) in [5, 5.41) is 24.6. The molecule has 32 heavy (non-hydrogen) atoms. The van der Waals surface area contributed by atoms with Crippen molar-refractivity contribution in [2.24, 2.45) is 5.10 Å². The van der Waals surface area contributed by atoms with Crippen molar-refractivity contribution in [3.8, 4) is 5.75 Å². The lowest BCUT2D eigenvalue weighted by molar-refractivity contribution is 0.227. The number of aromatic nitrogens is 1. The molecule has 168 valence electrons. The number of ether oxygens (including phenoxy) is 1. The van der Waals surface area contributed by atoms with Crippen LogP contribution in [0.25, 0.3) is 5.70 Å². The fourth-order valence-corrected chi connectivity index (χ4v) is 3.52. The Hall–Kier alpha value is -3.75. The van der Waals surface area contributed by atoms with Gasteiger partial charge in [0.2, 0.25) is 0 Å². The predicted molar refractivity (Wildman–Crippen MR) is 126 cm³/mol. The molecule has 2 aromatic rings. The average Bonchev–Trinajstić information content (AvgIpc) is 2.78. The van der Waals surface area contributed by atoms with E-state index < -0.39 is 11.9 Å². The van der Waals surface area contributed by atoms with Gasteiger partial charge in [-0.05, 0) is 50.6 Å². The molecule has 2 heterocycles. The van der Waals surface area contributed by atoms with Crippen molar-refractivity contribution >= 4 is 29.2 Å². The molecule has 6 N–H and O–H groups in total. The first-order valence-electron chi connectivity index (χ1n) is 10.5. The van der Waals surface area contributed by atoms with Crippen LogP contribution in [0.4, 0.5) is 10.2 Å². The molecule has 0 unspecified atom stereocenters. The number of allylic oxidation sites excluding steroid dienone is 1. The summed E-state index contributed by atoms with van der Waals surface area (Å²) < 4.78 is 20.2. The Morgan fingerprint density at radius 1 is 1.31 bits per heavy atom. The van der Waals surface area contributed by atoms with Gasteiger partial charge in [0.15, 0.2) is 11.6 Å². The summed E-state index contributed by atoms with van der Waals surface area (Å²) in [7, 11) is 0. The van der Waals surface area contributed by atoms with Crippen LogP contribution in [-0.4, -0.2) is 35.7 Å². The first kappa shape index (κ1) is 22.9. The molecule has 2 bridgehead atoms. The third kappa shape index (κ3) is 4.77. The SMILES string of the molecule is CCN/N=C1/C/C(C=N)=C(/NCC)c2cnc(N)c(c2)O[C@H](C)c2cc(F)ccc2C1=N. The lowest BCUT2D eigenvalue weighted by Gasteiger charge is -2.23. The molecule has 1 aromatic heterocycles. The summed E-state index contributed by atoms with van der Waals surface area (Å²) in [5.74, 6) is 0.115. The molecule has 1 aliphatic heterocycles. The van der Waals surface area contributed by atoms with Gasteiger partial charge in [0.1, 0.15) is 11.9 Å². The second-order valence-electron chi connectivity index (χ2n) is 7.30. The van der Waals surface area contributed by atoms with Crippen LogP contribution in [0.15, 0.2) is 41.1 Å². The van der Waals surface area contributed by atoms with Crippen molar-refractivity contribution in [2.45, 2.75) is 33.3 Å². The Balaban J connectivity index is 2.31. The second-order valence-corrected chi connectivity index (χ2v) is 7.30. The average molecular weight is 438 g/mol. The second kappa shape index (κ2) is 10.0. The number of nitrogens with zero attached hydrogens (tertiary/aromatic N) is 2. The van der Waals surface area contributed by atoms with Gasteiger partial charge in [-0.2, -0.15) is 5.10 Å². The molecular formula is C23H28FN7O. The Morgan fingerprint density at radius 3 is 2.78 bits per heavy atom. The zero-order valence-corrected chi connectivity index (χ0v) is 18.4. The molecule has 1 aromatic carbocycles. The first-order chi connectivity index (χ1) is 15.4. The monoisotopic (exact) mass is 437 g/mol. The quantitative estimate of drug-likeness (QED) is 0.360. The normalized spacial score (nSPS) is 19.9. The van der Waals surface area contributed by atoms with Crippen LogP contribution in [0.5, 0.6) is 5.75 Å². The van der Waals surface area contributed by atoms with Crippen molar-refractivity contribution in [3.05, 3.63) is 58.5 Å². The number of benzene rings is 1. The van der Waals surface area contributed by atoms with E-state index in [1.807, 2.05) is 13.8 Å². The summed E-state index contributed by atoms with van der Waals surface area (Å²) in [6.07, 6.45) is 2.46. The minimum absolute atomic E-state index is 0.127. The Bertz CT molecular complexity index is 1090. The van der Waals surface area contributed by atoms with Gasteiger partial charge >= 0.3 is 0 Å². The molecule has 3 rings (SSSR count). The highest BCUT2D eigenvalue weighted by Crippen LogP contribution is 2.32. The molecule has 9 heteroatoms. The van der Waals surface area contributed by atoms with E-state index in [-0.39, 0.29) is 18.0 Å². The van der Waals surface area contributed by atoms with E-state index in [1.54, 1.807) is 25.3 Å². The zero-order chi connectivity index (χ0) is 23.3. The summed E-state index contributed by atoms with van der Waals surface area (Å²) in [6.45, 7) is 6.82. The Labute approximate surface area is 186 Å². The molecule has 8 nitrogen and oxygen atoms in total. The van der Waals surface area contributed by atoms with Crippen molar-refractivity contribution in [2.75, 3.05) is 18.8 Å². The van der Waals surface area contributed by atoms with E-state index in [4.69, 9.17) is 21.3 Å². The molecule has 0 aliphatic carbocycles. The van der Waals surface area contributed by atoms with Gasteiger partial charge in [-0.1, -0.05) is 0 Å². The van der Waals surface area contributed by atoms with E-state index in [0.717, 1.165) is 0 Å². The summed E-state index contributed by atoms with van der Waals surface area (Å²) >= 11 is 0. The van der Waals surface area contributed by atoms with Crippen molar-refractivity contribution < 1.29 is 9.13 Å². The topological polar surface area (TPSA) is 132 Å². The Kier molecular flexibility index (Phi) is 7.19. The molecule has 1 atom stereocenters. The number of hydrogen-bond acceptors (Lipinski definition) is 8. The highest BCUT2D eigenvalue weighted by Gasteiger charge is 2.24. The molecule has 0 amide bonds. The van der Waals surface area contributed by atoms with Crippen LogP contribution in [0.1, 0.15) is 50.0 Å². The van der Waals surface area contributed by atoms with Crippen LogP contribution in [0.2, 0.25) is 0 Å². The molecule has 0 saturated heterocycles. The maximum Gasteiger partial charge on any atom is 0.166 e. The lowest BCUT2D eigenvalue weighted by atomic mass is 9.92. The van der Waals surface area contributed by atoms with E-state index in [0.29, 0.717) is 52.5 Å². The number of rotatable bonds is 5. The maximum atomic E-state index is 14.2. The highest BCUT2D eigenvalue weighted by molar-refractivity contribution is 6.48. The summed E-state index contributed by atoms with van der Waals surface area (Å²) in [5.41, 5.74) is 12.5. The van der Waals surface area contributed by atoms with Gasteiger partial charge in [0, 0.05) is 54.3 Å². The van der Waals surface area contributed by atoms with Gasteiger partial charge in [0.05, 0.1) is 11.4 Å². The molecule has 0 fully saturated rings. The van der Waals surface area contributed by atoms with Crippen molar-refractivity contribution in [3.63, 3.8) is 0 Å². The first-order valence-corrected chi connectivity index (χ1v) is 10.5. The van der Waals surface area contributed by atoms with Crippen molar-refractivity contribution in [1.29, 1.82) is 10.8 Å². The number of nitrogen functional groups attached to an aromatic ring is 1.